The van der Waals surface area contributed by atoms with Gasteiger partial charge in [-0.1, -0.05) is 23.7 Å². The smallest absolute Gasteiger partial charge is 0.0934 e. The maximum atomic E-state index is 5.90. The van der Waals surface area contributed by atoms with Crippen LogP contribution in [0.4, 0.5) is 5.69 Å². The van der Waals surface area contributed by atoms with Crippen molar-refractivity contribution >= 4 is 44.6 Å². The Morgan fingerprint density at radius 2 is 1.86 bits per heavy atom. The van der Waals surface area contributed by atoms with Gasteiger partial charge in [-0.3, -0.25) is 0 Å². The zero-order valence-corrected chi connectivity index (χ0v) is 10.3. The molecule has 0 saturated heterocycles. The molecule has 0 aliphatic rings. The van der Waals surface area contributed by atoms with Gasteiger partial charge in [-0.15, -0.1) is 11.3 Å². The highest BCUT2D eigenvalue weighted by Crippen LogP contribution is 2.37. The quantitative estimate of drug-likeness (QED) is 0.826. The molecule has 1 nitrogen and oxygen atoms in total. The Balaban J connectivity index is 2.49. The third-order valence-electron chi connectivity index (χ3n) is 1.94. The Kier molecular flexibility index (Phi) is 2.81. The van der Waals surface area contributed by atoms with Crippen LogP contribution in [0.3, 0.4) is 0 Å². The van der Waals surface area contributed by atoms with E-state index in [-0.39, 0.29) is 0 Å². The van der Waals surface area contributed by atoms with E-state index in [9.17, 15) is 0 Å². The van der Waals surface area contributed by atoms with Crippen LogP contribution < -0.4 is 5.73 Å². The predicted molar refractivity (Wildman–Crippen MR) is 66.9 cm³/mol. The Bertz CT molecular complexity index is 450. The largest absolute Gasteiger partial charge is 0.397 e. The molecule has 0 aliphatic carbocycles. The summed E-state index contributed by atoms with van der Waals surface area (Å²) in [5, 5.41) is 2.77. The van der Waals surface area contributed by atoms with Crippen LogP contribution in [0.2, 0.25) is 5.02 Å². The van der Waals surface area contributed by atoms with Gasteiger partial charge in [-0.2, -0.15) is 0 Å². The van der Waals surface area contributed by atoms with Crippen LogP contribution in [0.25, 0.3) is 11.1 Å². The molecule has 0 fully saturated rings. The van der Waals surface area contributed by atoms with Gasteiger partial charge in [0.05, 0.1) is 9.47 Å². The van der Waals surface area contributed by atoms with Crippen molar-refractivity contribution in [2.45, 2.75) is 0 Å². The van der Waals surface area contributed by atoms with Gasteiger partial charge in [-0.05, 0) is 33.6 Å². The summed E-state index contributed by atoms with van der Waals surface area (Å²) >= 11 is 10.8. The number of rotatable bonds is 1. The topological polar surface area (TPSA) is 26.0 Å². The van der Waals surface area contributed by atoms with Gasteiger partial charge in [0.25, 0.3) is 0 Å². The summed E-state index contributed by atoms with van der Waals surface area (Å²) in [5.41, 5.74) is 8.84. The maximum Gasteiger partial charge on any atom is 0.0934 e. The van der Waals surface area contributed by atoms with Gasteiger partial charge in [0, 0.05) is 16.0 Å². The van der Waals surface area contributed by atoms with E-state index < -0.39 is 0 Å². The van der Waals surface area contributed by atoms with Crippen molar-refractivity contribution in [3.05, 3.63) is 38.5 Å². The monoisotopic (exact) mass is 287 g/mol. The lowest BCUT2D eigenvalue weighted by molar-refractivity contribution is 1.66. The molecule has 0 aliphatic heterocycles. The fraction of sp³-hybridized carbons (Fsp3) is 0. The molecule has 2 N–H and O–H groups in total. The molecular weight excluding hydrogens is 282 g/mol. The van der Waals surface area contributed by atoms with E-state index >= 15 is 0 Å². The van der Waals surface area contributed by atoms with E-state index in [4.69, 9.17) is 17.3 Å². The summed E-state index contributed by atoms with van der Waals surface area (Å²) in [6.07, 6.45) is 0. The normalized spacial score (nSPS) is 10.4. The lowest BCUT2D eigenvalue weighted by atomic mass is 10.1. The van der Waals surface area contributed by atoms with Crippen LogP contribution in [0.5, 0.6) is 0 Å². The highest BCUT2D eigenvalue weighted by molar-refractivity contribution is 9.11. The van der Waals surface area contributed by atoms with Crippen LogP contribution in [0.1, 0.15) is 0 Å². The van der Waals surface area contributed by atoms with Crippen molar-refractivity contribution in [3.8, 4) is 11.1 Å². The van der Waals surface area contributed by atoms with E-state index in [0.29, 0.717) is 0 Å². The van der Waals surface area contributed by atoms with E-state index in [1.807, 2.05) is 29.6 Å². The van der Waals surface area contributed by atoms with Crippen LogP contribution in [-0.4, -0.2) is 0 Å². The molecule has 0 atom stereocenters. The van der Waals surface area contributed by atoms with Crippen molar-refractivity contribution in [1.82, 2.24) is 0 Å². The molecule has 2 aromatic rings. The van der Waals surface area contributed by atoms with Gasteiger partial charge < -0.3 is 5.73 Å². The van der Waals surface area contributed by atoms with Crippen molar-refractivity contribution in [2.75, 3.05) is 5.73 Å². The molecule has 0 saturated carbocycles. The number of benzene rings is 1. The first-order valence-corrected chi connectivity index (χ1v) is 6.02. The number of hydrogen-bond acceptors (Lipinski definition) is 2. The second-order valence-corrected chi connectivity index (χ2v) is 5.48. The van der Waals surface area contributed by atoms with Crippen LogP contribution >= 0.6 is 38.9 Å². The second kappa shape index (κ2) is 3.93. The average molecular weight is 289 g/mol. The number of hydrogen-bond donors (Lipinski definition) is 1. The van der Waals surface area contributed by atoms with Crippen molar-refractivity contribution in [2.24, 2.45) is 0 Å². The summed E-state index contributed by atoms with van der Waals surface area (Å²) in [6, 6.07) is 7.66. The summed E-state index contributed by atoms with van der Waals surface area (Å²) in [6.45, 7) is 0. The molecule has 1 aromatic heterocycles. The number of halogens is 2. The van der Waals surface area contributed by atoms with Crippen LogP contribution in [-0.2, 0) is 0 Å². The molecule has 4 heteroatoms. The molecule has 0 spiro atoms. The van der Waals surface area contributed by atoms with Crippen molar-refractivity contribution in [3.63, 3.8) is 0 Å². The summed E-state index contributed by atoms with van der Waals surface area (Å²) in [4.78, 5) is 0. The highest BCUT2D eigenvalue weighted by Gasteiger charge is 2.07. The van der Waals surface area contributed by atoms with Gasteiger partial charge >= 0.3 is 0 Å². The van der Waals surface area contributed by atoms with E-state index in [1.54, 1.807) is 11.3 Å². The molecule has 1 aromatic carbocycles. The summed E-state index contributed by atoms with van der Waals surface area (Å²) < 4.78 is 0.974. The third kappa shape index (κ3) is 1.80. The second-order valence-electron chi connectivity index (χ2n) is 2.84. The Labute approximate surface area is 99.6 Å². The minimum Gasteiger partial charge on any atom is -0.397 e. The van der Waals surface area contributed by atoms with Gasteiger partial charge in [0.1, 0.15) is 0 Å². The Morgan fingerprint density at radius 3 is 2.36 bits per heavy atom. The Morgan fingerprint density at radius 1 is 1.21 bits per heavy atom. The standard InChI is InChI=1S/C10H7BrClNS/c11-10-9(13)8(5-14-10)6-1-3-7(12)4-2-6/h1-5H,13H2. The average Bonchev–Trinajstić information content (AvgIpc) is 2.50. The molecule has 72 valence electrons. The molecule has 0 bridgehead atoms. The molecule has 0 unspecified atom stereocenters. The minimum absolute atomic E-state index is 0.738. The Hall–Kier alpha value is -0.510. The first-order valence-electron chi connectivity index (χ1n) is 3.97. The lowest BCUT2D eigenvalue weighted by Crippen LogP contribution is -1.85. The molecule has 0 radical (unpaired) electrons. The summed E-state index contributed by atoms with van der Waals surface area (Å²) in [5.74, 6) is 0. The van der Waals surface area contributed by atoms with E-state index in [0.717, 1.165) is 25.6 Å². The number of nitrogen functional groups attached to an aromatic ring is 1. The highest BCUT2D eigenvalue weighted by atomic mass is 79.9. The molecule has 0 amide bonds. The number of anilines is 1. The third-order valence-corrected chi connectivity index (χ3v) is 3.96. The van der Waals surface area contributed by atoms with Gasteiger partial charge in [0.2, 0.25) is 0 Å². The molecule has 14 heavy (non-hydrogen) atoms. The molecular formula is C10H7BrClNS. The molecule has 2 rings (SSSR count). The van der Waals surface area contributed by atoms with Crippen molar-refractivity contribution < 1.29 is 0 Å². The zero-order chi connectivity index (χ0) is 10.1. The number of thiophene rings is 1. The van der Waals surface area contributed by atoms with Crippen LogP contribution in [0.15, 0.2) is 33.4 Å². The van der Waals surface area contributed by atoms with Gasteiger partial charge in [0.15, 0.2) is 0 Å². The zero-order valence-electron chi connectivity index (χ0n) is 7.13. The summed E-state index contributed by atoms with van der Waals surface area (Å²) in [7, 11) is 0. The van der Waals surface area contributed by atoms with Crippen molar-refractivity contribution in [1.29, 1.82) is 0 Å². The fourth-order valence-electron chi connectivity index (χ4n) is 1.20. The van der Waals surface area contributed by atoms with E-state index in [1.165, 1.54) is 0 Å². The molecule has 1 heterocycles. The SMILES string of the molecule is Nc1c(-c2ccc(Cl)cc2)csc1Br. The number of nitrogens with two attached hydrogens (primary N) is 1. The first-order chi connectivity index (χ1) is 6.68. The first kappa shape index (κ1) is 10.0. The minimum atomic E-state index is 0.738. The van der Waals surface area contributed by atoms with Crippen LogP contribution in [0, 0.1) is 0 Å². The van der Waals surface area contributed by atoms with E-state index in [2.05, 4.69) is 15.9 Å². The van der Waals surface area contributed by atoms with Gasteiger partial charge in [-0.25, -0.2) is 0 Å². The fourth-order valence-corrected chi connectivity index (χ4v) is 2.54. The predicted octanol–water partition coefficient (Wildman–Crippen LogP) is 4.41. The lowest BCUT2D eigenvalue weighted by Gasteiger charge is -2.00. The maximum absolute atomic E-state index is 5.90.